The Morgan fingerprint density at radius 2 is 2.20 bits per heavy atom. The van der Waals surface area contributed by atoms with Crippen molar-refractivity contribution in [2.45, 2.75) is 24.8 Å². The summed E-state index contributed by atoms with van der Waals surface area (Å²) in [5, 5.41) is 0. The van der Waals surface area contributed by atoms with Gasteiger partial charge in [-0.25, -0.2) is 0 Å². The van der Waals surface area contributed by atoms with Gasteiger partial charge in [-0.15, -0.1) is 0 Å². The van der Waals surface area contributed by atoms with E-state index in [9.17, 15) is 0 Å². The summed E-state index contributed by atoms with van der Waals surface area (Å²) in [6, 6.07) is 10.5. The Balaban J connectivity index is 1.74. The van der Waals surface area contributed by atoms with Crippen molar-refractivity contribution < 1.29 is 4.42 Å². The van der Waals surface area contributed by atoms with Crippen molar-refractivity contribution in [1.82, 2.24) is 4.90 Å². The molecule has 1 aromatic heterocycles. The van der Waals surface area contributed by atoms with E-state index in [4.69, 9.17) is 9.41 Å². The Morgan fingerprint density at radius 1 is 1.25 bits per heavy atom. The monoisotopic (exact) mass is 266 g/mol. The SMILES string of the molecule is CN1C=N[C@]2(CCc3c(cccc3-c3ccco3)C2)C1. The molecule has 0 N–H and O–H groups in total. The van der Waals surface area contributed by atoms with Crippen LogP contribution >= 0.6 is 0 Å². The van der Waals surface area contributed by atoms with E-state index in [1.54, 1.807) is 6.26 Å². The van der Waals surface area contributed by atoms with Gasteiger partial charge in [-0.05, 0) is 42.5 Å². The minimum Gasteiger partial charge on any atom is -0.464 e. The highest BCUT2D eigenvalue weighted by Crippen LogP contribution is 2.38. The van der Waals surface area contributed by atoms with Gasteiger partial charge in [-0.2, -0.15) is 0 Å². The Morgan fingerprint density at radius 3 is 2.95 bits per heavy atom. The highest BCUT2D eigenvalue weighted by Gasteiger charge is 2.38. The highest BCUT2D eigenvalue weighted by molar-refractivity contribution is 5.66. The number of hydrogen-bond acceptors (Lipinski definition) is 3. The van der Waals surface area contributed by atoms with Gasteiger partial charge in [0.1, 0.15) is 5.76 Å². The van der Waals surface area contributed by atoms with Crippen LogP contribution in [0.5, 0.6) is 0 Å². The van der Waals surface area contributed by atoms with E-state index >= 15 is 0 Å². The van der Waals surface area contributed by atoms with Crippen molar-refractivity contribution >= 4 is 6.34 Å². The first-order valence-corrected chi connectivity index (χ1v) is 7.16. The molecule has 0 amide bonds. The molecule has 20 heavy (non-hydrogen) atoms. The summed E-state index contributed by atoms with van der Waals surface area (Å²) in [6.45, 7) is 1.04. The van der Waals surface area contributed by atoms with Crippen LogP contribution in [-0.2, 0) is 12.8 Å². The predicted molar refractivity (Wildman–Crippen MR) is 80.0 cm³/mol. The summed E-state index contributed by atoms with van der Waals surface area (Å²) in [6.07, 6.45) is 6.98. The van der Waals surface area contributed by atoms with E-state index in [0.29, 0.717) is 0 Å². The minimum atomic E-state index is 0.101. The summed E-state index contributed by atoms with van der Waals surface area (Å²) in [7, 11) is 2.10. The Bertz CT molecular complexity index is 660. The fourth-order valence-electron chi connectivity index (χ4n) is 3.57. The van der Waals surface area contributed by atoms with E-state index in [-0.39, 0.29) is 5.54 Å². The van der Waals surface area contributed by atoms with E-state index in [1.165, 1.54) is 16.7 Å². The van der Waals surface area contributed by atoms with Crippen LogP contribution in [0.2, 0.25) is 0 Å². The largest absolute Gasteiger partial charge is 0.464 e. The molecule has 3 heteroatoms. The summed E-state index contributed by atoms with van der Waals surface area (Å²) >= 11 is 0. The summed E-state index contributed by atoms with van der Waals surface area (Å²) < 4.78 is 5.58. The zero-order valence-corrected chi connectivity index (χ0v) is 11.7. The van der Waals surface area contributed by atoms with Gasteiger partial charge in [0.25, 0.3) is 0 Å². The number of benzene rings is 1. The van der Waals surface area contributed by atoms with Crippen LogP contribution in [0, 0.1) is 0 Å². The van der Waals surface area contributed by atoms with Crippen molar-refractivity contribution in [2.75, 3.05) is 13.6 Å². The molecule has 2 aliphatic rings. The molecule has 0 saturated carbocycles. The molecule has 0 unspecified atom stereocenters. The van der Waals surface area contributed by atoms with E-state index in [0.717, 1.165) is 31.6 Å². The zero-order valence-electron chi connectivity index (χ0n) is 11.7. The van der Waals surface area contributed by atoms with Crippen LogP contribution in [-0.4, -0.2) is 30.4 Å². The third kappa shape index (κ3) is 1.77. The van der Waals surface area contributed by atoms with Gasteiger partial charge in [0.2, 0.25) is 0 Å². The predicted octanol–water partition coefficient (Wildman–Crippen LogP) is 3.15. The maximum Gasteiger partial charge on any atom is 0.134 e. The van der Waals surface area contributed by atoms with Crippen LogP contribution < -0.4 is 0 Å². The molecule has 4 rings (SSSR count). The Labute approximate surface area is 118 Å². The van der Waals surface area contributed by atoms with Crippen molar-refractivity contribution in [3.63, 3.8) is 0 Å². The molecule has 102 valence electrons. The molecule has 2 heterocycles. The zero-order chi connectivity index (χ0) is 13.6. The first-order chi connectivity index (χ1) is 9.76. The lowest BCUT2D eigenvalue weighted by Crippen LogP contribution is -2.38. The standard InChI is InChI=1S/C17H18N2O/c1-19-11-17(18-12-19)8-7-14-13(10-17)4-2-5-15(14)16-6-3-9-20-16/h2-6,9,12H,7-8,10-11H2,1H3/t17-/m0/s1. The molecule has 1 aliphatic heterocycles. The molecule has 3 nitrogen and oxygen atoms in total. The smallest absolute Gasteiger partial charge is 0.134 e. The lowest BCUT2D eigenvalue weighted by Gasteiger charge is -2.33. The van der Waals surface area contributed by atoms with Crippen LogP contribution in [0.4, 0.5) is 0 Å². The topological polar surface area (TPSA) is 28.7 Å². The number of rotatable bonds is 1. The van der Waals surface area contributed by atoms with Gasteiger partial charge in [-0.1, -0.05) is 18.2 Å². The molecule has 0 bridgehead atoms. The Hall–Kier alpha value is -2.03. The van der Waals surface area contributed by atoms with Crippen LogP contribution in [0.1, 0.15) is 17.5 Å². The number of fused-ring (bicyclic) bond motifs is 1. The molecule has 2 aromatic rings. The number of hydrogen-bond donors (Lipinski definition) is 0. The van der Waals surface area contributed by atoms with Gasteiger partial charge in [0.15, 0.2) is 0 Å². The van der Waals surface area contributed by atoms with Crippen molar-refractivity contribution in [3.8, 4) is 11.3 Å². The molecule has 1 spiro atoms. The average molecular weight is 266 g/mol. The second kappa shape index (κ2) is 4.23. The minimum absolute atomic E-state index is 0.101. The average Bonchev–Trinajstić information content (AvgIpc) is 3.09. The first-order valence-electron chi connectivity index (χ1n) is 7.16. The summed E-state index contributed by atoms with van der Waals surface area (Å²) in [5.41, 5.74) is 4.22. The van der Waals surface area contributed by atoms with Crippen LogP contribution in [0.15, 0.2) is 46.0 Å². The summed E-state index contributed by atoms with van der Waals surface area (Å²) in [4.78, 5) is 6.97. The second-order valence-electron chi connectivity index (χ2n) is 5.98. The first kappa shape index (κ1) is 11.8. The number of nitrogens with zero attached hydrogens (tertiary/aromatic N) is 2. The van der Waals surface area contributed by atoms with E-state index < -0.39 is 0 Å². The summed E-state index contributed by atoms with van der Waals surface area (Å²) in [5.74, 6) is 0.977. The van der Waals surface area contributed by atoms with Gasteiger partial charge < -0.3 is 9.32 Å². The van der Waals surface area contributed by atoms with Crippen LogP contribution in [0.25, 0.3) is 11.3 Å². The molecule has 0 fully saturated rings. The van der Waals surface area contributed by atoms with Crippen molar-refractivity contribution in [1.29, 1.82) is 0 Å². The Kier molecular flexibility index (Phi) is 2.49. The lowest BCUT2D eigenvalue weighted by molar-refractivity contribution is 0.336. The highest BCUT2D eigenvalue weighted by atomic mass is 16.3. The second-order valence-corrected chi connectivity index (χ2v) is 5.98. The third-order valence-electron chi connectivity index (χ3n) is 4.49. The van der Waals surface area contributed by atoms with E-state index in [1.807, 2.05) is 18.5 Å². The van der Waals surface area contributed by atoms with Gasteiger partial charge in [0.05, 0.1) is 18.1 Å². The molecular formula is C17H18N2O. The number of furan rings is 1. The molecule has 1 aliphatic carbocycles. The molecule has 0 radical (unpaired) electrons. The fraction of sp³-hybridized carbons (Fsp3) is 0.353. The number of likely N-dealkylation sites (N-methyl/N-ethyl adjacent to an activating group) is 1. The molecule has 0 saturated heterocycles. The van der Waals surface area contributed by atoms with E-state index in [2.05, 4.69) is 30.1 Å². The van der Waals surface area contributed by atoms with Gasteiger partial charge >= 0.3 is 0 Å². The molecule has 1 aromatic carbocycles. The molecule has 1 atom stereocenters. The maximum absolute atomic E-state index is 5.58. The third-order valence-corrected chi connectivity index (χ3v) is 4.49. The van der Waals surface area contributed by atoms with Gasteiger partial charge in [0, 0.05) is 19.2 Å². The fourth-order valence-corrected chi connectivity index (χ4v) is 3.57. The normalized spacial score (nSPS) is 24.4. The molecular weight excluding hydrogens is 248 g/mol. The lowest BCUT2D eigenvalue weighted by atomic mass is 9.77. The quantitative estimate of drug-likeness (QED) is 0.793. The maximum atomic E-state index is 5.58. The van der Waals surface area contributed by atoms with Crippen molar-refractivity contribution in [3.05, 3.63) is 47.7 Å². The van der Waals surface area contributed by atoms with Gasteiger partial charge in [-0.3, -0.25) is 4.99 Å². The number of aliphatic imine (C=N–C) groups is 1. The van der Waals surface area contributed by atoms with Crippen LogP contribution in [0.3, 0.4) is 0 Å². The van der Waals surface area contributed by atoms with Crippen molar-refractivity contribution in [2.24, 2.45) is 4.99 Å².